The van der Waals surface area contributed by atoms with Gasteiger partial charge in [-0.05, 0) is 22.9 Å². The summed E-state index contributed by atoms with van der Waals surface area (Å²) in [6, 6.07) is 7.58. The lowest BCUT2D eigenvalue weighted by Crippen LogP contribution is -1.94. The molecule has 3 rings (SSSR count). The Bertz CT molecular complexity index is 644. The van der Waals surface area contributed by atoms with Crippen molar-refractivity contribution in [2.24, 2.45) is 0 Å². The number of hydrogen-bond donors (Lipinski definition) is 0. The molecule has 0 aliphatic heterocycles. The quantitative estimate of drug-likeness (QED) is 0.742. The van der Waals surface area contributed by atoms with E-state index in [1.54, 1.807) is 11.3 Å². The fraction of sp³-hybridized carbons (Fsp3) is 0.0909. The zero-order valence-corrected chi connectivity index (χ0v) is 11.6. The third-order valence-corrected chi connectivity index (χ3v) is 5.65. The van der Waals surface area contributed by atoms with E-state index < -0.39 is 10.8 Å². The van der Waals surface area contributed by atoms with Gasteiger partial charge in [-0.25, -0.2) is 0 Å². The van der Waals surface area contributed by atoms with Crippen LogP contribution >= 0.6 is 22.7 Å². The topological polar surface area (TPSA) is 56.0 Å². The minimum atomic E-state index is -1.11. The van der Waals surface area contributed by atoms with Gasteiger partial charge in [0.2, 0.25) is 11.7 Å². The van der Waals surface area contributed by atoms with Crippen LogP contribution in [0.2, 0.25) is 0 Å². The number of rotatable bonds is 4. The number of hydrogen-bond acceptors (Lipinski definition) is 6. The SMILES string of the molecule is O=S(Cc1nc(-c2cccs2)no1)c1cccs1. The van der Waals surface area contributed by atoms with Crippen molar-refractivity contribution in [2.45, 2.75) is 9.96 Å². The molecule has 0 aliphatic carbocycles. The van der Waals surface area contributed by atoms with Gasteiger partial charge in [0, 0.05) is 0 Å². The van der Waals surface area contributed by atoms with Gasteiger partial charge >= 0.3 is 0 Å². The molecule has 3 aromatic rings. The molecule has 0 saturated carbocycles. The van der Waals surface area contributed by atoms with Crippen LogP contribution in [0.4, 0.5) is 0 Å². The van der Waals surface area contributed by atoms with Crippen LogP contribution in [-0.4, -0.2) is 14.3 Å². The summed E-state index contributed by atoms with van der Waals surface area (Å²) in [5.74, 6) is 1.23. The second kappa shape index (κ2) is 5.13. The fourth-order valence-corrected chi connectivity index (χ4v) is 3.98. The largest absolute Gasteiger partial charge is 0.338 e. The van der Waals surface area contributed by atoms with E-state index in [1.807, 2.05) is 35.0 Å². The molecule has 0 radical (unpaired) electrons. The molecular formula is C11H8N2O2S3. The van der Waals surface area contributed by atoms with E-state index in [-0.39, 0.29) is 5.75 Å². The minimum absolute atomic E-state index is 0.263. The summed E-state index contributed by atoms with van der Waals surface area (Å²) in [7, 11) is -1.11. The van der Waals surface area contributed by atoms with Gasteiger partial charge in [0.25, 0.3) is 0 Å². The molecular weight excluding hydrogens is 288 g/mol. The first-order chi connectivity index (χ1) is 8.83. The van der Waals surface area contributed by atoms with Gasteiger partial charge in [-0.2, -0.15) is 4.98 Å². The fourth-order valence-electron chi connectivity index (χ4n) is 1.40. The zero-order valence-electron chi connectivity index (χ0n) is 9.11. The molecule has 0 amide bonds. The number of aromatic nitrogens is 2. The second-order valence-corrected chi connectivity index (χ2v) is 6.98. The average molecular weight is 296 g/mol. The van der Waals surface area contributed by atoms with Gasteiger partial charge in [0.15, 0.2) is 0 Å². The second-order valence-electron chi connectivity index (χ2n) is 3.41. The Balaban J connectivity index is 1.76. The highest BCUT2D eigenvalue weighted by Gasteiger charge is 2.13. The molecule has 4 nitrogen and oxygen atoms in total. The van der Waals surface area contributed by atoms with Crippen molar-refractivity contribution < 1.29 is 8.73 Å². The molecule has 3 heterocycles. The first kappa shape index (κ1) is 11.8. The highest BCUT2D eigenvalue weighted by molar-refractivity contribution is 7.86. The highest BCUT2D eigenvalue weighted by Crippen LogP contribution is 2.22. The van der Waals surface area contributed by atoms with E-state index in [4.69, 9.17) is 4.52 Å². The summed E-state index contributed by atoms with van der Waals surface area (Å²) >= 11 is 3.01. The average Bonchev–Trinajstić information content (AvgIpc) is 3.12. The van der Waals surface area contributed by atoms with Gasteiger partial charge in [-0.1, -0.05) is 17.3 Å². The van der Waals surface area contributed by atoms with Crippen molar-refractivity contribution in [2.75, 3.05) is 0 Å². The zero-order chi connectivity index (χ0) is 12.4. The van der Waals surface area contributed by atoms with Crippen molar-refractivity contribution >= 4 is 33.5 Å². The monoisotopic (exact) mass is 296 g/mol. The molecule has 0 saturated heterocycles. The highest BCUT2D eigenvalue weighted by atomic mass is 32.2. The Morgan fingerprint density at radius 3 is 2.78 bits per heavy atom. The molecule has 1 unspecified atom stereocenters. The van der Waals surface area contributed by atoms with Crippen molar-refractivity contribution in [1.29, 1.82) is 0 Å². The van der Waals surface area contributed by atoms with E-state index >= 15 is 0 Å². The molecule has 0 spiro atoms. The summed E-state index contributed by atoms with van der Waals surface area (Å²) in [6.07, 6.45) is 0. The third-order valence-electron chi connectivity index (χ3n) is 2.18. The first-order valence-corrected chi connectivity index (χ1v) is 8.19. The summed E-state index contributed by atoms with van der Waals surface area (Å²) in [6.45, 7) is 0. The molecule has 0 bridgehead atoms. The van der Waals surface area contributed by atoms with E-state index in [1.165, 1.54) is 11.3 Å². The van der Waals surface area contributed by atoms with Gasteiger partial charge in [-0.15, -0.1) is 22.7 Å². The van der Waals surface area contributed by atoms with E-state index in [0.29, 0.717) is 11.7 Å². The standard InChI is InChI=1S/C11H8N2O2S3/c14-18(10-4-2-6-17-10)7-9-12-11(13-15-9)8-3-1-5-16-8/h1-6H,7H2. The van der Waals surface area contributed by atoms with Crippen molar-refractivity contribution in [3.05, 3.63) is 40.9 Å². The van der Waals surface area contributed by atoms with Crippen LogP contribution in [0.1, 0.15) is 5.89 Å². The predicted molar refractivity (Wildman–Crippen MR) is 72.0 cm³/mol. The van der Waals surface area contributed by atoms with Crippen LogP contribution in [0, 0.1) is 0 Å². The van der Waals surface area contributed by atoms with Crippen LogP contribution in [0.3, 0.4) is 0 Å². The van der Waals surface area contributed by atoms with Crippen LogP contribution in [0.15, 0.2) is 43.8 Å². The van der Waals surface area contributed by atoms with Crippen molar-refractivity contribution in [1.82, 2.24) is 10.1 Å². The normalized spacial score (nSPS) is 12.7. The summed E-state index contributed by atoms with van der Waals surface area (Å²) < 4.78 is 17.9. The van der Waals surface area contributed by atoms with Crippen LogP contribution < -0.4 is 0 Å². The van der Waals surface area contributed by atoms with Crippen molar-refractivity contribution in [3.63, 3.8) is 0 Å². The maximum Gasteiger partial charge on any atom is 0.240 e. The number of nitrogens with zero attached hydrogens (tertiary/aromatic N) is 2. The number of thiophene rings is 2. The third kappa shape index (κ3) is 2.43. The van der Waals surface area contributed by atoms with E-state index in [0.717, 1.165) is 9.09 Å². The van der Waals surface area contributed by atoms with Crippen LogP contribution in [0.25, 0.3) is 10.7 Å². The smallest absolute Gasteiger partial charge is 0.240 e. The maximum absolute atomic E-state index is 12.0. The summed E-state index contributed by atoms with van der Waals surface area (Å²) in [5, 5.41) is 7.74. The van der Waals surface area contributed by atoms with Crippen LogP contribution in [-0.2, 0) is 16.6 Å². The molecule has 7 heteroatoms. The summed E-state index contributed by atoms with van der Waals surface area (Å²) in [5.41, 5.74) is 0. The molecule has 0 fully saturated rings. The lowest BCUT2D eigenvalue weighted by molar-refractivity contribution is 0.391. The summed E-state index contributed by atoms with van der Waals surface area (Å²) in [4.78, 5) is 5.20. The van der Waals surface area contributed by atoms with E-state index in [2.05, 4.69) is 10.1 Å². The van der Waals surface area contributed by atoms with Gasteiger partial charge < -0.3 is 4.52 Å². The van der Waals surface area contributed by atoms with Gasteiger partial charge in [0.1, 0.15) is 5.75 Å². The molecule has 18 heavy (non-hydrogen) atoms. The van der Waals surface area contributed by atoms with Gasteiger partial charge in [-0.3, -0.25) is 4.21 Å². The molecule has 0 aromatic carbocycles. The molecule has 0 aliphatic rings. The maximum atomic E-state index is 12.0. The first-order valence-electron chi connectivity index (χ1n) is 5.11. The van der Waals surface area contributed by atoms with Crippen molar-refractivity contribution in [3.8, 4) is 10.7 Å². The molecule has 3 aromatic heterocycles. The van der Waals surface area contributed by atoms with Crippen LogP contribution in [0.5, 0.6) is 0 Å². The Morgan fingerprint density at radius 2 is 2.06 bits per heavy atom. The lowest BCUT2D eigenvalue weighted by atomic mass is 10.4. The molecule has 92 valence electrons. The lowest BCUT2D eigenvalue weighted by Gasteiger charge is -1.92. The predicted octanol–water partition coefficient (Wildman–Crippen LogP) is 3.17. The minimum Gasteiger partial charge on any atom is -0.338 e. The molecule has 1 atom stereocenters. The Morgan fingerprint density at radius 1 is 1.22 bits per heavy atom. The molecule has 0 N–H and O–H groups in total. The Hall–Kier alpha value is -1.31. The Labute approximate surface area is 114 Å². The Kier molecular flexibility index (Phi) is 3.35. The van der Waals surface area contributed by atoms with E-state index in [9.17, 15) is 4.21 Å². The van der Waals surface area contributed by atoms with Gasteiger partial charge in [0.05, 0.1) is 19.9 Å².